The molecular weight excluding hydrogens is 219 g/mol. The van der Waals surface area contributed by atoms with Crippen molar-refractivity contribution in [2.75, 3.05) is 0 Å². The quantitative estimate of drug-likeness (QED) is 0.798. The van der Waals surface area contributed by atoms with E-state index in [1.807, 2.05) is 0 Å². The first kappa shape index (κ1) is 9.86. The Morgan fingerprint density at radius 2 is 2.27 bits per heavy atom. The zero-order chi connectivity index (χ0) is 10.8. The number of halogens is 2. The molecule has 0 saturated carbocycles. The highest BCUT2D eigenvalue weighted by atomic mass is 35.5. The highest BCUT2D eigenvalue weighted by Gasteiger charge is 2.09. The molecule has 0 amide bonds. The van der Waals surface area contributed by atoms with Crippen LogP contribution in [-0.2, 0) is 0 Å². The van der Waals surface area contributed by atoms with E-state index >= 15 is 0 Å². The molecule has 76 valence electrons. The summed E-state index contributed by atoms with van der Waals surface area (Å²) in [6.07, 6.45) is 2.05. The van der Waals surface area contributed by atoms with Crippen molar-refractivity contribution in [1.29, 1.82) is 0 Å². The number of hydrogen-bond donors (Lipinski definition) is 1. The van der Waals surface area contributed by atoms with Crippen LogP contribution in [-0.4, -0.2) is 16.3 Å². The Kier molecular flexibility index (Phi) is 2.51. The van der Waals surface area contributed by atoms with E-state index in [1.165, 1.54) is 24.5 Å². The fraction of sp³-hybridized carbons (Fsp3) is 0. The summed E-state index contributed by atoms with van der Waals surface area (Å²) in [7, 11) is 0. The highest BCUT2D eigenvalue weighted by molar-refractivity contribution is 6.31. The Hall–Kier alpha value is -1.68. The fourth-order valence-electron chi connectivity index (χ4n) is 1.27. The number of H-pyrrole nitrogens is 1. The second-order valence-electron chi connectivity index (χ2n) is 2.91. The molecule has 0 radical (unpaired) electrons. The highest BCUT2D eigenvalue weighted by Crippen LogP contribution is 2.24. The maximum absolute atomic E-state index is 12.9. The number of carbonyl (C=O) groups is 1. The SMILES string of the molecule is O=Cc1[nH]cnc1-c1ccc(F)c(Cl)c1. The summed E-state index contributed by atoms with van der Waals surface area (Å²) in [5.74, 6) is -0.497. The van der Waals surface area contributed by atoms with Crippen molar-refractivity contribution in [3.8, 4) is 11.3 Å². The summed E-state index contributed by atoms with van der Waals surface area (Å²) in [5.41, 5.74) is 1.41. The molecule has 1 aromatic heterocycles. The van der Waals surface area contributed by atoms with E-state index in [0.29, 0.717) is 23.2 Å². The summed E-state index contributed by atoms with van der Waals surface area (Å²) in [6, 6.07) is 4.19. The number of aromatic nitrogens is 2. The van der Waals surface area contributed by atoms with Gasteiger partial charge in [-0.05, 0) is 18.2 Å². The number of hydrogen-bond acceptors (Lipinski definition) is 2. The van der Waals surface area contributed by atoms with Gasteiger partial charge in [0.05, 0.1) is 17.0 Å². The van der Waals surface area contributed by atoms with Crippen LogP contribution in [0.15, 0.2) is 24.5 Å². The average molecular weight is 225 g/mol. The number of imidazole rings is 1. The Balaban J connectivity index is 2.54. The number of aromatic amines is 1. The van der Waals surface area contributed by atoms with Crippen molar-refractivity contribution in [3.63, 3.8) is 0 Å². The fourth-order valence-corrected chi connectivity index (χ4v) is 1.45. The van der Waals surface area contributed by atoms with Gasteiger partial charge in [-0.1, -0.05) is 11.6 Å². The topological polar surface area (TPSA) is 45.8 Å². The van der Waals surface area contributed by atoms with Crippen LogP contribution < -0.4 is 0 Å². The lowest BCUT2D eigenvalue weighted by Gasteiger charge is -1.99. The number of nitrogens with one attached hydrogen (secondary N) is 1. The van der Waals surface area contributed by atoms with E-state index < -0.39 is 5.82 Å². The zero-order valence-electron chi connectivity index (χ0n) is 7.50. The van der Waals surface area contributed by atoms with Gasteiger partial charge in [-0.3, -0.25) is 4.79 Å². The van der Waals surface area contributed by atoms with Crippen LogP contribution in [0.2, 0.25) is 5.02 Å². The first-order valence-corrected chi connectivity index (χ1v) is 4.54. The van der Waals surface area contributed by atoms with E-state index in [1.54, 1.807) is 0 Å². The summed E-state index contributed by atoms with van der Waals surface area (Å²) in [4.78, 5) is 17.3. The molecule has 0 aliphatic rings. The molecule has 2 aromatic rings. The molecule has 0 bridgehead atoms. The van der Waals surface area contributed by atoms with Crippen molar-refractivity contribution in [1.82, 2.24) is 9.97 Å². The molecule has 1 heterocycles. The smallest absolute Gasteiger partial charge is 0.168 e. The summed E-state index contributed by atoms with van der Waals surface area (Å²) >= 11 is 5.62. The van der Waals surface area contributed by atoms with Crippen LogP contribution in [0.5, 0.6) is 0 Å². The molecule has 0 saturated heterocycles. The van der Waals surface area contributed by atoms with Crippen LogP contribution in [0, 0.1) is 5.82 Å². The number of carbonyl (C=O) groups excluding carboxylic acids is 1. The lowest BCUT2D eigenvalue weighted by Crippen LogP contribution is -1.87. The summed E-state index contributed by atoms with van der Waals surface area (Å²) in [6.45, 7) is 0. The Morgan fingerprint density at radius 3 is 2.93 bits per heavy atom. The summed E-state index contributed by atoms with van der Waals surface area (Å²) in [5, 5.41) is 0.00680. The van der Waals surface area contributed by atoms with Gasteiger partial charge < -0.3 is 4.98 Å². The first-order chi connectivity index (χ1) is 7.22. The van der Waals surface area contributed by atoms with E-state index in [9.17, 15) is 9.18 Å². The molecule has 0 aliphatic carbocycles. The monoisotopic (exact) mass is 224 g/mol. The molecule has 5 heteroatoms. The Labute approximate surface area is 89.9 Å². The Morgan fingerprint density at radius 1 is 1.47 bits per heavy atom. The van der Waals surface area contributed by atoms with E-state index in [4.69, 9.17) is 11.6 Å². The van der Waals surface area contributed by atoms with Gasteiger partial charge in [0, 0.05) is 5.56 Å². The molecule has 1 N–H and O–H groups in total. The van der Waals surface area contributed by atoms with Crippen LogP contribution >= 0.6 is 11.6 Å². The average Bonchev–Trinajstić information content (AvgIpc) is 2.70. The molecule has 3 nitrogen and oxygen atoms in total. The lowest BCUT2D eigenvalue weighted by molar-refractivity contribution is 0.112. The Bertz CT molecular complexity index is 510. The third-order valence-corrected chi connectivity index (χ3v) is 2.27. The van der Waals surface area contributed by atoms with Gasteiger partial charge in [0.15, 0.2) is 6.29 Å². The van der Waals surface area contributed by atoms with Crippen LogP contribution in [0.3, 0.4) is 0 Å². The van der Waals surface area contributed by atoms with Crippen LogP contribution in [0.25, 0.3) is 11.3 Å². The maximum Gasteiger partial charge on any atom is 0.168 e. The zero-order valence-corrected chi connectivity index (χ0v) is 8.25. The predicted molar refractivity (Wildman–Crippen MR) is 54.4 cm³/mol. The minimum absolute atomic E-state index is 0.00680. The van der Waals surface area contributed by atoms with Crippen LogP contribution in [0.1, 0.15) is 10.5 Å². The number of nitrogens with zero attached hydrogens (tertiary/aromatic N) is 1. The van der Waals surface area contributed by atoms with Crippen molar-refractivity contribution < 1.29 is 9.18 Å². The molecule has 15 heavy (non-hydrogen) atoms. The van der Waals surface area contributed by atoms with Crippen molar-refractivity contribution in [2.24, 2.45) is 0 Å². The van der Waals surface area contributed by atoms with Gasteiger partial charge in [-0.15, -0.1) is 0 Å². The number of aldehydes is 1. The van der Waals surface area contributed by atoms with Crippen LogP contribution in [0.4, 0.5) is 4.39 Å². The van der Waals surface area contributed by atoms with Gasteiger partial charge in [-0.2, -0.15) is 0 Å². The van der Waals surface area contributed by atoms with Crippen molar-refractivity contribution in [3.05, 3.63) is 41.1 Å². The third-order valence-electron chi connectivity index (χ3n) is 1.98. The largest absolute Gasteiger partial charge is 0.342 e. The minimum atomic E-state index is -0.497. The van der Waals surface area contributed by atoms with Gasteiger partial charge >= 0.3 is 0 Å². The number of rotatable bonds is 2. The standard InChI is InChI=1S/C10H6ClFN2O/c11-7-3-6(1-2-8(7)12)10-9(4-15)13-5-14-10/h1-5H,(H,13,14). The van der Waals surface area contributed by atoms with E-state index in [-0.39, 0.29) is 5.02 Å². The molecule has 0 aliphatic heterocycles. The normalized spacial score (nSPS) is 10.3. The second kappa shape index (κ2) is 3.82. The first-order valence-electron chi connectivity index (χ1n) is 4.16. The minimum Gasteiger partial charge on any atom is -0.342 e. The molecule has 1 aromatic carbocycles. The summed E-state index contributed by atoms with van der Waals surface area (Å²) < 4.78 is 12.9. The number of benzene rings is 1. The van der Waals surface area contributed by atoms with Gasteiger partial charge in [0.2, 0.25) is 0 Å². The maximum atomic E-state index is 12.9. The predicted octanol–water partition coefficient (Wildman–Crippen LogP) is 2.68. The third kappa shape index (κ3) is 1.76. The van der Waals surface area contributed by atoms with Crippen molar-refractivity contribution in [2.45, 2.75) is 0 Å². The lowest BCUT2D eigenvalue weighted by atomic mass is 10.1. The van der Waals surface area contributed by atoms with Gasteiger partial charge in [-0.25, -0.2) is 9.37 Å². The molecule has 0 spiro atoms. The molecule has 0 unspecified atom stereocenters. The van der Waals surface area contributed by atoms with Gasteiger partial charge in [0.25, 0.3) is 0 Å². The molecular formula is C10H6ClFN2O. The molecule has 0 atom stereocenters. The van der Waals surface area contributed by atoms with E-state index in [0.717, 1.165) is 0 Å². The van der Waals surface area contributed by atoms with Crippen molar-refractivity contribution >= 4 is 17.9 Å². The van der Waals surface area contributed by atoms with Gasteiger partial charge in [0.1, 0.15) is 11.5 Å². The second-order valence-corrected chi connectivity index (χ2v) is 3.32. The van der Waals surface area contributed by atoms with E-state index in [2.05, 4.69) is 9.97 Å². The molecule has 2 rings (SSSR count). The molecule has 0 fully saturated rings.